The lowest BCUT2D eigenvalue weighted by Crippen LogP contribution is -2.55. The Morgan fingerprint density at radius 1 is 0.929 bits per heavy atom. The van der Waals surface area contributed by atoms with Gasteiger partial charge in [0.1, 0.15) is 0 Å². The third kappa shape index (κ3) is 3.88. The van der Waals surface area contributed by atoms with E-state index in [1.54, 1.807) is 0 Å². The van der Waals surface area contributed by atoms with E-state index in [0.29, 0.717) is 5.54 Å². The second-order valence-electron chi connectivity index (χ2n) is 5.46. The number of hydrogen-bond acceptors (Lipinski definition) is 3. The Balaban J connectivity index is 2.57. The molecule has 82 valence electrons. The van der Waals surface area contributed by atoms with Crippen molar-refractivity contribution < 1.29 is 0 Å². The van der Waals surface area contributed by atoms with E-state index in [0.717, 1.165) is 0 Å². The largest absolute Gasteiger partial charge is 0.463 e. The molecule has 0 unspecified atom stereocenters. The van der Waals surface area contributed by atoms with Crippen molar-refractivity contribution in [2.24, 2.45) is 0 Å². The maximum absolute atomic E-state index is 2.68. The normalized spacial score (nSPS) is 24.1. The van der Waals surface area contributed by atoms with Crippen molar-refractivity contribution in [1.29, 1.82) is 0 Å². The maximum Gasteiger partial charge on any atom is 0.463 e. The fourth-order valence-corrected chi connectivity index (χ4v) is 3.30. The van der Waals surface area contributed by atoms with Crippen LogP contribution in [0, 0.1) is 0 Å². The predicted octanol–water partition coefficient (Wildman–Crippen LogP) is 0.231. The first-order chi connectivity index (χ1) is 6.39. The fraction of sp³-hybridized carbons (Fsp3) is 1.00. The predicted molar refractivity (Wildman–Crippen MR) is 63.7 cm³/mol. The molecule has 0 radical (unpaired) electrons. The van der Waals surface area contributed by atoms with E-state index in [2.05, 4.69) is 47.5 Å². The molecule has 0 amide bonds. The van der Waals surface area contributed by atoms with Gasteiger partial charge in [0.05, 0.1) is 0 Å². The topological polar surface area (TPSA) is 9.72 Å². The Bertz CT molecular complexity index is 179. The smallest absolute Gasteiger partial charge is 0.376 e. The van der Waals surface area contributed by atoms with Crippen LogP contribution in [0.2, 0.25) is 0 Å². The summed E-state index contributed by atoms with van der Waals surface area (Å²) in [6, 6.07) is 0. The number of hydrogen-bond donors (Lipinski definition) is 0. The van der Waals surface area contributed by atoms with Gasteiger partial charge in [0.2, 0.25) is 0 Å². The van der Waals surface area contributed by atoms with E-state index in [1.807, 2.05) is 0 Å². The van der Waals surface area contributed by atoms with Gasteiger partial charge in [-0.15, -0.1) is 0 Å². The van der Waals surface area contributed by atoms with Crippen molar-refractivity contribution in [1.82, 2.24) is 12.7 Å². The summed E-state index contributed by atoms with van der Waals surface area (Å²) in [4.78, 5) is 2.43. The second kappa shape index (κ2) is 4.96. The van der Waals surface area contributed by atoms with Crippen molar-refractivity contribution in [3.05, 3.63) is 0 Å². The Morgan fingerprint density at radius 3 is 2.07 bits per heavy atom. The third-order valence-corrected chi connectivity index (χ3v) is 5.38. The molecule has 0 N–H and O–H groups in total. The van der Waals surface area contributed by atoms with E-state index in [-0.39, 0.29) is 15.7 Å². The zero-order chi connectivity index (χ0) is 10.8. The summed E-state index contributed by atoms with van der Waals surface area (Å²) in [5.41, 5.74) is 0.346. The molecule has 4 heteroatoms. The molecule has 1 aliphatic rings. The van der Waals surface area contributed by atoms with Crippen LogP contribution in [0.4, 0.5) is 0 Å². The summed E-state index contributed by atoms with van der Waals surface area (Å²) in [6.45, 7) is 11.9. The minimum absolute atomic E-state index is 0.197. The number of rotatable bonds is 0. The van der Waals surface area contributed by atoms with Gasteiger partial charge in [-0.1, -0.05) is 0 Å². The van der Waals surface area contributed by atoms with Gasteiger partial charge in [0.15, 0.2) is 0 Å². The summed E-state index contributed by atoms with van der Waals surface area (Å²) < 4.78 is 5.23. The van der Waals surface area contributed by atoms with Crippen LogP contribution >= 0.6 is 0 Å². The molecule has 1 aliphatic heterocycles. The van der Waals surface area contributed by atoms with Crippen LogP contribution in [-0.4, -0.2) is 74.1 Å². The summed E-state index contributed by atoms with van der Waals surface area (Å²) in [6.07, 6.45) is 0. The highest BCUT2D eigenvalue weighted by atomic mass is 27.1. The van der Waals surface area contributed by atoms with Gasteiger partial charge >= 0.3 is 15.7 Å². The quantitative estimate of drug-likeness (QED) is 0.533. The summed E-state index contributed by atoms with van der Waals surface area (Å²) in [5.74, 6) is 0. The lowest BCUT2D eigenvalue weighted by Gasteiger charge is -2.41. The molecule has 0 aromatic carbocycles. The first-order valence-electron chi connectivity index (χ1n) is 5.52. The maximum atomic E-state index is 2.68. The van der Waals surface area contributed by atoms with Crippen molar-refractivity contribution in [2.45, 2.75) is 26.3 Å². The van der Waals surface area contributed by atoms with Crippen LogP contribution in [0.3, 0.4) is 0 Å². The molecule has 3 nitrogen and oxygen atoms in total. The highest BCUT2D eigenvalue weighted by Gasteiger charge is 2.26. The lowest BCUT2D eigenvalue weighted by molar-refractivity contribution is 0.183. The number of likely N-dealkylation sites (N-methyl/N-ethyl adjacent to an activating group) is 2. The lowest BCUT2D eigenvalue weighted by atomic mass is 10.1. The van der Waals surface area contributed by atoms with Gasteiger partial charge in [0, 0.05) is 13.1 Å². The zero-order valence-corrected chi connectivity index (χ0v) is 11.8. The Kier molecular flexibility index (Phi) is 4.42. The molecule has 0 bridgehead atoms. The molecule has 0 aliphatic carbocycles. The highest BCUT2D eigenvalue weighted by Crippen LogP contribution is 2.12. The van der Waals surface area contributed by atoms with Crippen molar-refractivity contribution in [3.63, 3.8) is 0 Å². The first-order valence-corrected chi connectivity index (χ1v) is 6.78. The highest BCUT2D eigenvalue weighted by molar-refractivity contribution is 6.28. The van der Waals surface area contributed by atoms with Crippen LogP contribution < -0.4 is 0 Å². The van der Waals surface area contributed by atoms with Crippen LogP contribution in [-0.2, 0) is 0 Å². The second-order valence-corrected chi connectivity index (χ2v) is 7.58. The van der Waals surface area contributed by atoms with Crippen LogP contribution in [0.15, 0.2) is 0 Å². The van der Waals surface area contributed by atoms with Gasteiger partial charge in [-0.25, -0.2) is 0 Å². The monoisotopic (exact) mass is 213 g/mol. The van der Waals surface area contributed by atoms with Crippen LogP contribution in [0.25, 0.3) is 0 Å². The Morgan fingerprint density at radius 2 is 1.50 bits per heavy atom. The summed E-state index contributed by atoms with van der Waals surface area (Å²) in [5, 5.41) is 0. The van der Waals surface area contributed by atoms with E-state index < -0.39 is 0 Å². The molecule has 1 heterocycles. The minimum Gasteiger partial charge on any atom is -0.376 e. The molecule has 0 saturated carbocycles. The Hall–Kier alpha value is 0.412. The van der Waals surface area contributed by atoms with Gasteiger partial charge in [0.25, 0.3) is 0 Å². The van der Waals surface area contributed by atoms with Gasteiger partial charge < -0.3 is 12.7 Å². The fourth-order valence-electron chi connectivity index (χ4n) is 1.73. The Labute approximate surface area is 95.2 Å². The van der Waals surface area contributed by atoms with E-state index in [1.165, 1.54) is 26.2 Å². The van der Waals surface area contributed by atoms with Gasteiger partial charge in [-0.3, -0.25) is 0 Å². The standard InChI is InChI=1S/C10H23N3.Al.H/c1-10(2,3)12-7-9-13(5)8-6-11-4;;/h6-9H2,1-5H3;;/q-2;+2;. The van der Waals surface area contributed by atoms with E-state index >= 15 is 0 Å². The molecule has 1 fully saturated rings. The van der Waals surface area contributed by atoms with E-state index in [9.17, 15) is 0 Å². The summed E-state index contributed by atoms with van der Waals surface area (Å²) >= 11 is -0.197. The average molecular weight is 213 g/mol. The molecule has 0 atom stereocenters. The van der Waals surface area contributed by atoms with Crippen molar-refractivity contribution >= 4 is 15.7 Å². The van der Waals surface area contributed by atoms with Crippen LogP contribution in [0.5, 0.6) is 0 Å². The molecule has 1 saturated heterocycles. The summed E-state index contributed by atoms with van der Waals surface area (Å²) in [7, 11) is 4.49. The average Bonchev–Trinajstić information content (AvgIpc) is 2.03. The number of nitrogens with zero attached hydrogens (tertiary/aromatic N) is 3. The molecular formula is C10H24AlN3. The minimum atomic E-state index is -0.197. The molecule has 1 rings (SSSR count). The first kappa shape index (κ1) is 12.5. The van der Waals surface area contributed by atoms with E-state index in [4.69, 9.17) is 0 Å². The molecular weight excluding hydrogens is 189 g/mol. The molecule has 0 aromatic heterocycles. The van der Waals surface area contributed by atoms with Crippen LogP contribution in [0.1, 0.15) is 20.8 Å². The molecule has 0 aromatic rings. The zero-order valence-electron chi connectivity index (χ0n) is 10.4. The molecule has 0 spiro atoms. The van der Waals surface area contributed by atoms with Gasteiger partial charge in [-0.05, 0) is 53.5 Å². The van der Waals surface area contributed by atoms with Crippen molar-refractivity contribution in [3.8, 4) is 0 Å². The van der Waals surface area contributed by atoms with Crippen molar-refractivity contribution in [2.75, 3.05) is 40.3 Å². The van der Waals surface area contributed by atoms with Gasteiger partial charge in [-0.2, -0.15) is 0 Å². The SMILES string of the molecule is CN1CC[N](C)[AlH][N](C(C)(C)C)CC1. The third-order valence-electron chi connectivity index (χ3n) is 2.98. The molecule has 14 heavy (non-hydrogen) atoms.